The van der Waals surface area contributed by atoms with Crippen LogP contribution in [0.4, 0.5) is 0 Å². The average Bonchev–Trinajstić information content (AvgIpc) is 2.75. The van der Waals surface area contributed by atoms with Crippen molar-refractivity contribution in [2.24, 2.45) is 0 Å². The van der Waals surface area contributed by atoms with E-state index in [0.717, 1.165) is 4.80 Å². The molecular formula is C6H4N4O3. The number of rotatable bonds is 2. The maximum Gasteiger partial charge on any atom is 0.377 e. The highest BCUT2D eigenvalue weighted by Gasteiger charge is 2.12. The topological polar surface area (TPSA) is 94.0 Å². The second-order valence-electron chi connectivity index (χ2n) is 2.16. The molecule has 2 rings (SSSR count). The minimum atomic E-state index is -1.22. The molecule has 13 heavy (non-hydrogen) atoms. The van der Waals surface area contributed by atoms with Crippen LogP contribution in [-0.2, 0) is 0 Å². The van der Waals surface area contributed by atoms with Gasteiger partial charge in [-0.05, 0) is 11.3 Å². The summed E-state index contributed by atoms with van der Waals surface area (Å²) >= 11 is 0. The van der Waals surface area contributed by atoms with Gasteiger partial charge in [0.15, 0.2) is 0 Å². The van der Waals surface area contributed by atoms with Crippen molar-refractivity contribution in [1.29, 1.82) is 0 Å². The summed E-state index contributed by atoms with van der Waals surface area (Å²) in [6, 6.07) is 3.23. The van der Waals surface area contributed by atoms with Gasteiger partial charge in [-0.3, -0.25) is 0 Å². The Morgan fingerprint density at radius 1 is 1.62 bits per heavy atom. The fourth-order valence-corrected chi connectivity index (χ4v) is 0.777. The highest BCUT2D eigenvalue weighted by atomic mass is 16.4. The van der Waals surface area contributed by atoms with Crippen molar-refractivity contribution < 1.29 is 14.3 Å². The van der Waals surface area contributed by atoms with Crippen molar-refractivity contribution in [3.8, 4) is 5.88 Å². The Bertz CT molecular complexity index is 419. The maximum atomic E-state index is 10.4. The van der Waals surface area contributed by atoms with Gasteiger partial charge in [-0.2, -0.15) is 0 Å². The lowest BCUT2D eigenvalue weighted by molar-refractivity contribution is 0.0683. The molecule has 0 aliphatic rings. The first-order chi connectivity index (χ1) is 6.27. The summed E-state index contributed by atoms with van der Waals surface area (Å²) in [5.41, 5.74) is 0. The summed E-state index contributed by atoms with van der Waals surface area (Å²) in [6.45, 7) is 0. The Morgan fingerprint density at radius 2 is 2.46 bits per heavy atom. The summed E-state index contributed by atoms with van der Waals surface area (Å²) in [6.07, 6.45) is 1.43. The molecule has 2 heterocycles. The molecule has 0 saturated heterocycles. The van der Waals surface area contributed by atoms with E-state index in [-0.39, 0.29) is 5.82 Å². The molecule has 0 amide bonds. The molecule has 0 radical (unpaired) electrons. The Balaban J connectivity index is 2.39. The van der Waals surface area contributed by atoms with Gasteiger partial charge < -0.3 is 9.52 Å². The van der Waals surface area contributed by atoms with Gasteiger partial charge in [-0.25, -0.2) is 4.79 Å². The van der Waals surface area contributed by atoms with Crippen LogP contribution >= 0.6 is 0 Å². The zero-order chi connectivity index (χ0) is 9.26. The Morgan fingerprint density at radius 3 is 3.00 bits per heavy atom. The van der Waals surface area contributed by atoms with Crippen molar-refractivity contribution in [2.45, 2.75) is 0 Å². The van der Waals surface area contributed by atoms with Crippen LogP contribution in [0.25, 0.3) is 5.88 Å². The second-order valence-corrected chi connectivity index (χ2v) is 2.16. The number of nitrogens with zero attached hydrogens (tertiary/aromatic N) is 4. The molecule has 0 aliphatic heterocycles. The number of carboxylic acids is 1. The minimum Gasteiger partial charge on any atom is -0.475 e. The lowest BCUT2D eigenvalue weighted by Crippen LogP contribution is -2.01. The molecule has 1 N–H and O–H groups in total. The first kappa shape index (κ1) is 7.47. The molecule has 66 valence electrons. The van der Waals surface area contributed by atoms with E-state index in [9.17, 15) is 4.79 Å². The van der Waals surface area contributed by atoms with Gasteiger partial charge >= 0.3 is 5.97 Å². The third kappa shape index (κ3) is 1.26. The van der Waals surface area contributed by atoms with Crippen molar-refractivity contribution in [1.82, 2.24) is 20.2 Å². The van der Waals surface area contributed by atoms with E-state index in [2.05, 4.69) is 15.4 Å². The molecule has 2 aromatic rings. The summed E-state index contributed by atoms with van der Waals surface area (Å²) in [5, 5.41) is 18.8. The number of hydrogen-bond donors (Lipinski definition) is 1. The van der Waals surface area contributed by atoms with Crippen LogP contribution in [0.2, 0.25) is 0 Å². The predicted octanol–water partition coefficient (Wildman–Crippen LogP) is -0.0465. The quantitative estimate of drug-likeness (QED) is 0.696. The van der Waals surface area contributed by atoms with Gasteiger partial charge in [0, 0.05) is 6.07 Å². The highest BCUT2D eigenvalue weighted by molar-refractivity contribution is 5.82. The van der Waals surface area contributed by atoms with Crippen molar-refractivity contribution >= 4 is 5.97 Å². The van der Waals surface area contributed by atoms with Crippen LogP contribution < -0.4 is 0 Å². The predicted molar refractivity (Wildman–Crippen MR) is 38.4 cm³/mol. The summed E-state index contributed by atoms with van der Waals surface area (Å²) in [5.74, 6) is -1.27. The number of furan rings is 1. The molecular weight excluding hydrogens is 176 g/mol. The van der Waals surface area contributed by atoms with Crippen LogP contribution in [-0.4, -0.2) is 31.3 Å². The number of tetrazole rings is 1. The van der Waals surface area contributed by atoms with Crippen molar-refractivity contribution in [3.05, 3.63) is 24.2 Å². The molecule has 0 atom stereocenters. The third-order valence-electron chi connectivity index (χ3n) is 1.31. The minimum absolute atomic E-state index is 0.319. The lowest BCUT2D eigenvalue weighted by atomic mass is 10.6. The van der Waals surface area contributed by atoms with Crippen molar-refractivity contribution in [2.75, 3.05) is 0 Å². The standard InChI is InChI=1S/C6H4N4O3/c11-6(12)5-7-9-10(8-5)4-2-1-3-13-4/h1-3H,(H,11,12). The van der Waals surface area contributed by atoms with Crippen LogP contribution in [0, 0.1) is 0 Å². The number of carbonyl (C=O) groups is 1. The van der Waals surface area contributed by atoms with Crippen LogP contribution in [0.1, 0.15) is 10.6 Å². The zero-order valence-electron chi connectivity index (χ0n) is 6.28. The SMILES string of the molecule is O=C(O)c1nnn(-c2ccco2)n1. The highest BCUT2D eigenvalue weighted by Crippen LogP contribution is 2.03. The van der Waals surface area contributed by atoms with Gasteiger partial charge in [-0.15, -0.1) is 10.2 Å². The molecule has 0 saturated carbocycles. The van der Waals surface area contributed by atoms with Gasteiger partial charge in [-0.1, -0.05) is 4.80 Å². The number of aromatic nitrogens is 4. The fraction of sp³-hybridized carbons (Fsp3) is 0. The summed E-state index contributed by atoms with van der Waals surface area (Å²) in [7, 11) is 0. The third-order valence-corrected chi connectivity index (χ3v) is 1.31. The Hall–Kier alpha value is -2.18. The van der Waals surface area contributed by atoms with Gasteiger partial charge in [0.25, 0.3) is 5.82 Å². The van der Waals surface area contributed by atoms with E-state index in [4.69, 9.17) is 9.52 Å². The normalized spacial score (nSPS) is 10.2. The number of aromatic carboxylic acids is 1. The molecule has 0 spiro atoms. The van der Waals surface area contributed by atoms with Crippen molar-refractivity contribution in [3.63, 3.8) is 0 Å². The molecule has 7 nitrogen and oxygen atoms in total. The van der Waals surface area contributed by atoms with Crippen LogP contribution in [0.15, 0.2) is 22.8 Å². The molecule has 0 aromatic carbocycles. The first-order valence-corrected chi connectivity index (χ1v) is 3.34. The molecule has 0 aliphatic carbocycles. The van der Waals surface area contributed by atoms with E-state index in [1.54, 1.807) is 12.1 Å². The van der Waals surface area contributed by atoms with E-state index < -0.39 is 5.97 Å². The summed E-state index contributed by atoms with van der Waals surface area (Å²) < 4.78 is 4.92. The van der Waals surface area contributed by atoms with E-state index in [0.29, 0.717) is 5.88 Å². The first-order valence-electron chi connectivity index (χ1n) is 3.34. The van der Waals surface area contributed by atoms with Gasteiger partial charge in [0.2, 0.25) is 5.88 Å². The smallest absolute Gasteiger partial charge is 0.377 e. The molecule has 2 aromatic heterocycles. The van der Waals surface area contributed by atoms with E-state index in [1.165, 1.54) is 6.26 Å². The number of hydrogen-bond acceptors (Lipinski definition) is 5. The fourth-order valence-electron chi connectivity index (χ4n) is 0.777. The number of carboxylic acid groups (broad SMARTS) is 1. The maximum absolute atomic E-state index is 10.4. The lowest BCUT2D eigenvalue weighted by Gasteiger charge is -1.87. The molecule has 7 heteroatoms. The summed E-state index contributed by atoms with van der Waals surface area (Å²) in [4.78, 5) is 11.4. The van der Waals surface area contributed by atoms with Crippen LogP contribution in [0.5, 0.6) is 0 Å². The van der Waals surface area contributed by atoms with Gasteiger partial charge in [0.1, 0.15) is 0 Å². The molecule has 0 unspecified atom stereocenters. The van der Waals surface area contributed by atoms with Gasteiger partial charge in [0.05, 0.1) is 6.26 Å². The monoisotopic (exact) mass is 180 g/mol. The van der Waals surface area contributed by atoms with E-state index in [1.807, 2.05) is 0 Å². The molecule has 0 bridgehead atoms. The second kappa shape index (κ2) is 2.70. The van der Waals surface area contributed by atoms with E-state index >= 15 is 0 Å². The van der Waals surface area contributed by atoms with Crippen LogP contribution in [0.3, 0.4) is 0 Å². The Labute approximate surface area is 71.6 Å². The largest absolute Gasteiger partial charge is 0.475 e. The average molecular weight is 180 g/mol. The zero-order valence-corrected chi connectivity index (χ0v) is 6.28. The molecule has 0 fully saturated rings. The Kier molecular flexibility index (Phi) is 1.55.